The number of carbonyl (C=O) groups excluding carboxylic acids is 2. The Morgan fingerprint density at radius 2 is 1.09 bits per heavy atom. The molecule has 0 radical (unpaired) electrons. The number of carbonyl (C=O) groups is 2. The van der Waals surface area contributed by atoms with E-state index in [0.29, 0.717) is 12.8 Å². The molecule has 2 aliphatic heterocycles. The summed E-state index contributed by atoms with van der Waals surface area (Å²) in [4.78, 5) is 25.4. The van der Waals surface area contributed by atoms with E-state index in [1.54, 1.807) is 0 Å². The van der Waals surface area contributed by atoms with E-state index in [1.165, 1.54) is 25.7 Å². The number of rotatable bonds is 31. The lowest BCUT2D eigenvalue weighted by Gasteiger charge is -2.42. The molecule has 7 N–H and O–H groups in total. The second kappa shape index (κ2) is 30.9. The second-order valence-corrected chi connectivity index (χ2v) is 15.2. The number of aliphatic hydroxyl groups excluding tert-OH is 7. The van der Waals surface area contributed by atoms with Crippen molar-refractivity contribution in [1.82, 2.24) is 0 Å². The molecule has 2 heterocycles. The van der Waals surface area contributed by atoms with Gasteiger partial charge in [0.25, 0.3) is 0 Å². The Hall–Kier alpha value is -2.02. The molecule has 0 amide bonds. The molecule has 0 aromatic rings. The number of hydrogen-bond donors (Lipinski definition) is 7. The van der Waals surface area contributed by atoms with Crippen molar-refractivity contribution in [2.24, 2.45) is 0 Å². The predicted octanol–water partition coefficient (Wildman–Crippen LogP) is 3.65. The van der Waals surface area contributed by atoms with Crippen molar-refractivity contribution in [2.45, 2.75) is 203 Å². The molecule has 2 aliphatic rings. The second-order valence-electron chi connectivity index (χ2n) is 15.2. The SMILES string of the molecule is CCC/C=C\C/C=C\CCCCCCCC(=O)OC(COC(=O)CCCCCCCCCC)COC1OC(COC2OC(CO)C(O)C(O)C2O)C(O)C(O)C1O. The third kappa shape index (κ3) is 20.7. The fourth-order valence-corrected chi connectivity index (χ4v) is 6.55. The minimum atomic E-state index is -1.76. The van der Waals surface area contributed by atoms with Crippen molar-refractivity contribution in [3.63, 3.8) is 0 Å². The summed E-state index contributed by atoms with van der Waals surface area (Å²) >= 11 is 0. The van der Waals surface area contributed by atoms with E-state index < -0.39 is 92.7 Å². The van der Waals surface area contributed by atoms with Gasteiger partial charge in [0.05, 0.1) is 19.8 Å². The summed E-state index contributed by atoms with van der Waals surface area (Å²) in [6.45, 7) is 2.44. The maximum absolute atomic E-state index is 12.9. The number of esters is 2. The van der Waals surface area contributed by atoms with E-state index in [1.807, 2.05) is 0 Å². The lowest BCUT2D eigenvalue weighted by molar-refractivity contribution is -0.332. The van der Waals surface area contributed by atoms with Gasteiger partial charge in [0.15, 0.2) is 18.7 Å². The molecule has 2 fully saturated rings. The molecule has 0 aliphatic carbocycles. The fourth-order valence-electron chi connectivity index (χ4n) is 6.55. The van der Waals surface area contributed by atoms with Gasteiger partial charge in [-0.1, -0.05) is 109 Å². The van der Waals surface area contributed by atoms with Gasteiger partial charge in [0.1, 0.15) is 55.4 Å². The molecule has 0 bridgehead atoms. The van der Waals surface area contributed by atoms with Gasteiger partial charge in [-0.15, -0.1) is 0 Å². The quantitative estimate of drug-likeness (QED) is 0.0301. The molecule has 2 rings (SSSR count). The first-order valence-corrected chi connectivity index (χ1v) is 21.4. The van der Waals surface area contributed by atoms with Crippen LogP contribution in [0.3, 0.4) is 0 Å². The lowest BCUT2D eigenvalue weighted by atomic mass is 9.98. The third-order valence-electron chi connectivity index (χ3n) is 10.2. The molecule has 0 spiro atoms. The monoisotopic (exact) mass is 819 g/mol. The first-order chi connectivity index (χ1) is 27.5. The summed E-state index contributed by atoms with van der Waals surface area (Å²) in [5.41, 5.74) is 0. The first kappa shape index (κ1) is 51.1. The fraction of sp³-hybridized carbons (Fsp3) is 0.857. The van der Waals surface area contributed by atoms with Crippen LogP contribution in [0.5, 0.6) is 0 Å². The zero-order chi connectivity index (χ0) is 41.8. The van der Waals surface area contributed by atoms with Crippen LogP contribution in [-0.2, 0) is 38.0 Å². The van der Waals surface area contributed by atoms with Crippen LogP contribution in [0.4, 0.5) is 0 Å². The average Bonchev–Trinajstić information content (AvgIpc) is 3.20. The molecule has 15 heteroatoms. The molecule has 0 aromatic heterocycles. The minimum absolute atomic E-state index is 0.150. The van der Waals surface area contributed by atoms with Crippen molar-refractivity contribution in [3.8, 4) is 0 Å². The van der Waals surface area contributed by atoms with Crippen molar-refractivity contribution in [2.75, 3.05) is 26.4 Å². The molecule has 11 atom stereocenters. The van der Waals surface area contributed by atoms with Crippen molar-refractivity contribution >= 4 is 11.9 Å². The van der Waals surface area contributed by atoms with Gasteiger partial charge in [-0.3, -0.25) is 9.59 Å². The highest BCUT2D eigenvalue weighted by Crippen LogP contribution is 2.26. The summed E-state index contributed by atoms with van der Waals surface area (Å²) in [6.07, 6.45) is 9.61. The van der Waals surface area contributed by atoms with Crippen LogP contribution in [0.15, 0.2) is 24.3 Å². The topological polar surface area (TPSA) is 231 Å². The molecular weight excluding hydrogens is 744 g/mol. The highest BCUT2D eigenvalue weighted by molar-refractivity contribution is 5.70. The zero-order valence-electron chi connectivity index (χ0n) is 34.3. The highest BCUT2D eigenvalue weighted by atomic mass is 16.7. The summed E-state index contributed by atoms with van der Waals surface area (Å²) in [5.74, 6) is -0.948. The van der Waals surface area contributed by atoms with Crippen LogP contribution in [0.2, 0.25) is 0 Å². The Morgan fingerprint density at radius 3 is 1.70 bits per heavy atom. The Kier molecular flexibility index (Phi) is 27.7. The van der Waals surface area contributed by atoms with Gasteiger partial charge in [-0.2, -0.15) is 0 Å². The standard InChI is InChI=1S/C42H74O15/c1-3-5-7-9-11-13-14-15-16-17-19-21-23-25-34(45)55-30(27-52-33(44)24-22-20-18-12-10-8-6-4-2)28-53-41-40(51)38(49)36(47)32(57-41)29-54-42-39(50)37(48)35(46)31(26-43)56-42/h7,9,13-14,30-32,35-43,46-51H,3-6,8,10-12,15-29H2,1-2H3/b9-7-,14-13-. The van der Waals surface area contributed by atoms with Crippen LogP contribution in [0, 0.1) is 0 Å². The maximum atomic E-state index is 12.9. The number of hydrogen-bond acceptors (Lipinski definition) is 15. The van der Waals surface area contributed by atoms with E-state index in [9.17, 15) is 45.3 Å². The van der Waals surface area contributed by atoms with Crippen LogP contribution >= 0.6 is 0 Å². The highest BCUT2D eigenvalue weighted by Gasteiger charge is 2.47. The van der Waals surface area contributed by atoms with Gasteiger partial charge in [-0.25, -0.2) is 0 Å². The largest absolute Gasteiger partial charge is 0.462 e. The number of ether oxygens (including phenoxy) is 6. The molecule has 332 valence electrons. The van der Waals surface area contributed by atoms with Gasteiger partial charge >= 0.3 is 11.9 Å². The van der Waals surface area contributed by atoms with Crippen molar-refractivity contribution < 1.29 is 73.8 Å². The smallest absolute Gasteiger partial charge is 0.306 e. The molecule has 57 heavy (non-hydrogen) atoms. The Labute approximate surface area is 339 Å². The lowest BCUT2D eigenvalue weighted by Crippen LogP contribution is -2.61. The van der Waals surface area contributed by atoms with E-state index in [2.05, 4.69) is 38.2 Å². The summed E-state index contributed by atoms with van der Waals surface area (Å²) in [6, 6.07) is 0. The summed E-state index contributed by atoms with van der Waals surface area (Å²) in [7, 11) is 0. The summed E-state index contributed by atoms with van der Waals surface area (Å²) < 4.78 is 33.3. The van der Waals surface area contributed by atoms with E-state index in [4.69, 9.17) is 28.4 Å². The molecule has 0 saturated carbocycles. The van der Waals surface area contributed by atoms with E-state index in [-0.39, 0.29) is 26.1 Å². The Bertz CT molecular complexity index is 1100. The average molecular weight is 819 g/mol. The first-order valence-electron chi connectivity index (χ1n) is 21.4. The van der Waals surface area contributed by atoms with Crippen molar-refractivity contribution in [3.05, 3.63) is 24.3 Å². The molecule has 2 saturated heterocycles. The molecule has 15 nitrogen and oxygen atoms in total. The van der Waals surface area contributed by atoms with Crippen LogP contribution in [0.25, 0.3) is 0 Å². The minimum Gasteiger partial charge on any atom is -0.462 e. The molecule has 11 unspecified atom stereocenters. The van der Waals surface area contributed by atoms with Gasteiger partial charge in [0.2, 0.25) is 0 Å². The maximum Gasteiger partial charge on any atom is 0.306 e. The van der Waals surface area contributed by atoms with Gasteiger partial charge in [-0.05, 0) is 38.5 Å². The normalized spacial score (nSPS) is 28.6. The Balaban J connectivity index is 1.89. The van der Waals surface area contributed by atoms with Crippen LogP contribution in [0.1, 0.15) is 136 Å². The molecular formula is C42H74O15. The predicted molar refractivity (Wildman–Crippen MR) is 211 cm³/mol. The zero-order valence-corrected chi connectivity index (χ0v) is 34.3. The summed E-state index contributed by atoms with van der Waals surface area (Å²) in [5, 5.41) is 71.6. The van der Waals surface area contributed by atoms with Crippen LogP contribution < -0.4 is 0 Å². The van der Waals surface area contributed by atoms with Gasteiger partial charge in [0, 0.05) is 12.8 Å². The van der Waals surface area contributed by atoms with Crippen LogP contribution in [-0.4, -0.2) is 142 Å². The Morgan fingerprint density at radius 1 is 0.561 bits per heavy atom. The number of aliphatic hydroxyl groups is 7. The number of allylic oxidation sites excluding steroid dienone is 4. The third-order valence-corrected chi connectivity index (χ3v) is 10.2. The van der Waals surface area contributed by atoms with Gasteiger partial charge < -0.3 is 64.2 Å². The van der Waals surface area contributed by atoms with Crippen molar-refractivity contribution in [1.29, 1.82) is 0 Å². The number of unbranched alkanes of at least 4 members (excludes halogenated alkanes) is 13. The van der Waals surface area contributed by atoms with E-state index >= 15 is 0 Å². The molecule has 0 aromatic carbocycles. The van der Waals surface area contributed by atoms with E-state index in [0.717, 1.165) is 70.6 Å².